The van der Waals surface area contributed by atoms with E-state index in [1.807, 2.05) is 12.1 Å². The van der Waals surface area contributed by atoms with Crippen LogP contribution in [0.15, 0.2) is 12.1 Å². The second kappa shape index (κ2) is 7.06. The van der Waals surface area contributed by atoms with Gasteiger partial charge in [0, 0.05) is 13.0 Å². The van der Waals surface area contributed by atoms with Crippen LogP contribution >= 0.6 is 11.6 Å². The van der Waals surface area contributed by atoms with Crippen LogP contribution in [0.1, 0.15) is 18.4 Å². The SMILES string of the molecule is O=C1CCC(C(=O)NCCc2cc(Cl)c3c(c2)OCCO3)NN1. The number of benzene rings is 1. The quantitative estimate of drug-likeness (QED) is 0.745. The first-order valence-corrected chi connectivity index (χ1v) is 7.91. The number of carbonyl (C=O) groups is 2. The summed E-state index contributed by atoms with van der Waals surface area (Å²) >= 11 is 6.18. The fraction of sp³-hybridized carbons (Fsp3) is 0.467. The molecule has 1 aromatic rings. The molecule has 23 heavy (non-hydrogen) atoms. The van der Waals surface area contributed by atoms with Gasteiger partial charge < -0.3 is 14.8 Å². The van der Waals surface area contributed by atoms with Gasteiger partial charge in [-0.25, -0.2) is 5.43 Å². The van der Waals surface area contributed by atoms with Crippen LogP contribution in [0.2, 0.25) is 5.02 Å². The second-order valence-electron chi connectivity index (χ2n) is 5.43. The number of carbonyl (C=O) groups excluding carboxylic acids is 2. The van der Waals surface area contributed by atoms with Gasteiger partial charge in [0.15, 0.2) is 11.5 Å². The molecule has 0 spiro atoms. The second-order valence-corrected chi connectivity index (χ2v) is 5.83. The zero-order valence-corrected chi connectivity index (χ0v) is 13.2. The van der Waals surface area contributed by atoms with E-state index in [0.29, 0.717) is 55.5 Å². The molecule has 1 saturated heterocycles. The Balaban J connectivity index is 1.51. The lowest BCUT2D eigenvalue weighted by molar-refractivity contribution is -0.128. The molecular formula is C15H18ClN3O4. The molecule has 3 N–H and O–H groups in total. The topological polar surface area (TPSA) is 88.7 Å². The number of ether oxygens (including phenoxy) is 2. The first-order chi connectivity index (χ1) is 11.1. The van der Waals surface area contributed by atoms with Crippen molar-refractivity contribution in [2.24, 2.45) is 0 Å². The lowest BCUT2D eigenvalue weighted by Gasteiger charge is -2.23. The summed E-state index contributed by atoms with van der Waals surface area (Å²) in [5.74, 6) is 0.989. The van der Waals surface area contributed by atoms with E-state index in [1.165, 1.54) is 0 Å². The van der Waals surface area contributed by atoms with Crippen molar-refractivity contribution in [3.05, 3.63) is 22.7 Å². The van der Waals surface area contributed by atoms with Crippen LogP contribution in [0.4, 0.5) is 0 Å². The standard InChI is InChI=1S/C15H18ClN3O4/c16-10-7-9(8-12-14(10)23-6-5-22-12)3-4-17-15(21)11-1-2-13(20)19-18-11/h7-8,11,18H,1-6H2,(H,17,21)(H,19,20). The molecule has 0 aliphatic carbocycles. The van der Waals surface area contributed by atoms with Gasteiger partial charge in [0.2, 0.25) is 11.8 Å². The third-order valence-corrected chi connectivity index (χ3v) is 4.01. The van der Waals surface area contributed by atoms with E-state index in [-0.39, 0.29) is 11.8 Å². The number of hydrazine groups is 1. The molecule has 3 rings (SSSR count). The largest absolute Gasteiger partial charge is 0.486 e. The monoisotopic (exact) mass is 339 g/mol. The summed E-state index contributed by atoms with van der Waals surface area (Å²) in [5, 5.41) is 3.36. The molecule has 2 aliphatic heterocycles. The van der Waals surface area contributed by atoms with Crippen molar-refractivity contribution in [3.8, 4) is 11.5 Å². The highest BCUT2D eigenvalue weighted by Crippen LogP contribution is 2.38. The molecule has 0 aromatic heterocycles. The van der Waals surface area contributed by atoms with Gasteiger partial charge in [0.1, 0.15) is 19.3 Å². The summed E-state index contributed by atoms with van der Waals surface area (Å²) in [7, 11) is 0. The first kappa shape index (κ1) is 15.9. The predicted molar refractivity (Wildman–Crippen MR) is 83.5 cm³/mol. The van der Waals surface area contributed by atoms with Crippen molar-refractivity contribution in [3.63, 3.8) is 0 Å². The number of amides is 2. The van der Waals surface area contributed by atoms with Gasteiger partial charge in [-0.3, -0.25) is 15.0 Å². The third kappa shape index (κ3) is 3.86. The van der Waals surface area contributed by atoms with Gasteiger partial charge in [-0.1, -0.05) is 11.6 Å². The van der Waals surface area contributed by atoms with E-state index in [2.05, 4.69) is 16.2 Å². The Labute approximate surface area is 138 Å². The smallest absolute Gasteiger partial charge is 0.238 e. The molecule has 2 aliphatic rings. The van der Waals surface area contributed by atoms with Gasteiger partial charge in [-0.2, -0.15) is 0 Å². The number of nitrogens with one attached hydrogen (secondary N) is 3. The van der Waals surface area contributed by atoms with Crippen molar-refractivity contribution in [2.75, 3.05) is 19.8 Å². The van der Waals surface area contributed by atoms with Gasteiger partial charge in [0.25, 0.3) is 0 Å². The van der Waals surface area contributed by atoms with Crippen LogP contribution in [0.25, 0.3) is 0 Å². The van der Waals surface area contributed by atoms with Crippen molar-refractivity contribution in [1.82, 2.24) is 16.2 Å². The number of fused-ring (bicyclic) bond motifs is 1. The predicted octanol–water partition coefficient (Wildman–Crippen LogP) is 0.553. The molecule has 1 atom stereocenters. The van der Waals surface area contributed by atoms with Gasteiger partial charge in [0.05, 0.1) is 5.02 Å². The Morgan fingerprint density at radius 3 is 2.96 bits per heavy atom. The highest BCUT2D eigenvalue weighted by atomic mass is 35.5. The molecular weight excluding hydrogens is 322 g/mol. The molecule has 1 unspecified atom stereocenters. The average molecular weight is 340 g/mol. The highest BCUT2D eigenvalue weighted by Gasteiger charge is 2.23. The Morgan fingerprint density at radius 2 is 2.17 bits per heavy atom. The molecule has 1 aromatic carbocycles. The van der Waals surface area contributed by atoms with Crippen LogP contribution < -0.4 is 25.6 Å². The van der Waals surface area contributed by atoms with E-state index >= 15 is 0 Å². The van der Waals surface area contributed by atoms with E-state index in [9.17, 15) is 9.59 Å². The maximum Gasteiger partial charge on any atom is 0.238 e. The van der Waals surface area contributed by atoms with Gasteiger partial charge >= 0.3 is 0 Å². The Kier molecular flexibility index (Phi) is 4.88. The van der Waals surface area contributed by atoms with Crippen LogP contribution in [-0.2, 0) is 16.0 Å². The fourth-order valence-corrected chi connectivity index (χ4v) is 2.82. The molecule has 0 bridgehead atoms. The summed E-state index contributed by atoms with van der Waals surface area (Å²) in [4.78, 5) is 23.0. The maximum atomic E-state index is 12.0. The van der Waals surface area contributed by atoms with Crippen LogP contribution in [0.3, 0.4) is 0 Å². The zero-order chi connectivity index (χ0) is 16.2. The normalized spacial score (nSPS) is 19.9. The lowest BCUT2D eigenvalue weighted by Crippen LogP contribution is -2.55. The van der Waals surface area contributed by atoms with E-state index in [1.54, 1.807) is 0 Å². The molecule has 2 amide bonds. The summed E-state index contributed by atoms with van der Waals surface area (Å²) in [6.07, 6.45) is 1.47. The molecule has 1 fully saturated rings. The van der Waals surface area contributed by atoms with Crippen LogP contribution in [0.5, 0.6) is 11.5 Å². The molecule has 124 valence electrons. The Hall–Kier alpha value is -1.99. The lowest BCUT2D eigenvalue weighted by atomic mass is 10.1. The van der Waals surface area contributed by atoms with Crippen molar-refractivity contribution < 1.29 is 19.1 Å². The van der Waals surface area contributed by atoms with E-state index in [4.69, 9.17) is 21.1 Å². The number of halogens is 1. The number of hydrogen-bond donors (Lipinski definition) is 3. The average Bonchev–Trinajstić information content (AvgIpc) is 2.55. The number of rotatable bonds is 4. The van der Waals surface area contributed by atoms with Crippen molar-refractivity contribution in [2.45, 2.75) is 25.3 Å². The number of hydrogen-bond acceptors (Lipinski definition) is 5. The first-order valence-electron chi connectivity index (χ1n) is 7.53. The fourth-order valence-electron chi connectivity index (χ4n) is 2.54. The van der Waals surface area contributed by atoms with E-state index in [0.717, 1.165) is 5.56 Å². The van der Waals surface area contributed by atoms with Gasteiger partial charge in [-0.05, 0) is 30.5 Å². The molecule has 2 heterocycles. The highest BCUT2D eigenvalue weighted by molar-refractivity contribution is 6.32. The summed E-state index contributed by atoms with van der Waals surface area (Å²) in [6, 6.07) is 3.31. The summed E-state index contributed by atoms with van der Waals surface area (Å²) in [5.41, 5.74) is 6.13. The van der Waals surface area contributed by atoms with Gasteiger partial charge in [-0.15, -0.1) is 0 Å². The third-order valence-electron chi connectivity index (χ3n) is 3.73. The molecule has 0 saturated carbocycles. The van der Waals surface area contributed by atoms with Crippen LogP contribution in [-0.4, -0.2) is 37.6 Å². The summed E-state index contributed by atoms with van der Waals surface area (Å²) < 4.78 is 11.0. The van der Waals surface area contributed by atoms with E-state index < -0.39 is 6.04 Å². The minimum Gasteiger partial charge on any atom is -0.486 e. The zero-order valence-electron chi connectivity index (χ0n) is 12.5. The molecule has 0 radical (unpaired) electrons. The van der Waals surface area contributed by atoms with Crippen molar-refractivity contribution in [1.29, 1.82) is 0 Å². The Bertz CT molecular complexity index is 613. The Morgan fingerprint density at radius 1 is 1.35 bits per heavy atom. The maximum absolute atomic E-state index is 12.0. The van der Waals surface area contributed by atoms with Crippen LogP contribution in [0, 0.1) is 0 Å². The van der Waals surface area contributed by atoms with Crippen molar-refractivity contribution >= 4 is 23.4 Å². The minimum atomic E-state index is -0.392. The summed E-state index contributed by atoms with van der Waals surface area (Å²) in [6.45, 7) is 1.47. The molecule has 8 heteroatoms. The molecule has 7 nitrogen and oxygen atoms in total. The minimum absolute atomic E-state index is 0.0972.